The lowest BCUT2D eigenvalue weighted by Gasteiger charge is -2.26. The van der Waals surface area contributed by atoms with E-state index in [9.17, 15) is 0 Å². The Labute approximate surface area is 279 Å². The third-order valence-electron chi connectivity index (χ3n) is 9.27. The number of benzene rings is 8. The molecule has 0 radical (unpaired) electrons. The Balaban J connectivity index is 1.19. The SMILES string of the molecule is c1ccc(-c2ccc(-c3ccc(N(c4cccc(-c5ccccc5)c4)c4cccc5c4oc4ccc6ccccc6c45)cc3)cc2)cc1. The zero-order valence-electron chi connectivity index (χ0n) is 26.3. The molecule has 0 aliphatic rings. The van der Waals surface area contributed by atoms with E-state index in [1.54, 1.807) is 0 Å². The molecule has 0 aliphatic carbocycles. The average molecular weight is 614 g/mol. The van der Waals surface area contributed by atoms with Gasteiger partial charge in [-0.3, -0.25) is 0 Å². The summed E-state index contributed by atoms with van der Waals surface area (Å²) in [5.74, 6) is 0. The molecular formula is C46H31NO. The number of furan rings is 1. The summed E-state index contributed by atoms with van der Waals surface area (Å²) in [5.41, 5.74) is 12.0. The lowest BCUT2D eigenvalue weighted by molar-refractivity contribution is 0.669. The predicted octanol–water partition coefficient (Wildman–Crippen LogP) is 13.2. The van der Waals surface area contributed by atoms with Gasteiger partial charge in [0.15, 0.2) is 5.58 Å². The summed E-state index contributed by atoms with van der Waals surface area (Å²) in [4.78, 5) is 2.32. The minimum Gasteiger partial charge on any atom is -0.454 e. The lowest BCUT2D eigenvalue weighted by Crippen LogP contribution is -2.10. The first-order valence-electron chi connectivity index (χ1n) is 16.3. The van der Waals surface area contributed by atoms with Crippen LogP contribution in [0.5, 0.6) is 0 Å². The molecule has 2 nitrogen and oxygen atoms in total. The van der Waals surface area contributed by atoms with E-state index in [2.05, 4.69) is 193 Å². The number of nitrogens with zero attached hydrogens (tertiary/aromatic N) is 1. The quantitative estimate of drug-likeness (QED) is 0.185. The second-order valence-electron chi connectivity index (χ2n) is 12.2. The van der Waals surface area contributed by atoms with Gasteiger partial charge in [0.25, 0.3) is 0 Å². The van der Waals surface area contributed by atoms with Crippen molar-refractivity contribution < 1.29 is 4.42 Å². The van der Waals surface area contributed by atoms with E-state index in [1.165, 1.54) is 38.6 Å². The number of fused-ring (bicyclic) bond motifs is 5. The van der Waals surface area contributed by atoms with Crippen LogP contribution in [0.25, 0.3) is 66.1 Å². The highest BCUT2D eigenvalue weighted by Crippen LogP contribution is 2.44. The molecule has 9 aromatic rings. The molecule has 0 fully saturated rings. The minimum absolute atomic E-state index is 0.870. The molecule has 0 saturated heterocycles. The van der Waals surface area contributed by atoms with Gasteiger partial charge in [-0.1, -0.05) is 152 Å². The predicted molar refractivity (Wildman–Crippen MR) is 202 cm³/mol. The van der Waals surface area contributed by atoms with E-state index in [4.69, 9.17) is 4.42 Å². The van der Waals surface area contributed by atoms with E-state index in [0.717, 1.165) is 44.6 Å². The fourth-order valence-electron chi connectivity index (χ4n) is 6.90. The first-order chi connectivity index (χ1) is 23.8. The molecule has 0 spiro atoms. The fraction of sp³-hybridized carbons (Fsp3) is 0. The number of hydrogen-bond donors (Lipinski definition) is 0. The van der Waals surface area contributed by atoms with Gasteiger partial charge in [0.2, 0.25) is 0 Å². The highest BCUT2D eigenvalue weighted by molar-refractivity contribution is 6.21. The first kappa shape index (κ1) is 27.9. The first-order valence-corrected chi connectivity index (χ1v) is 16.3. The Morgan fingerprint density at radius 2 is 0.896 bits per heavy atom. The third kappa shape index (κ3) is 4.92. The molecule has 0 amide bonds. The molecule has 2 heteroatoms. The van der Waals surface area contributed by atoms with Gasteiger partial charge < -0.3 is 9.32 Å². The zero-order valence-corrected chi connectivity index (χ0v) is 26.3. The molecule has 0 saturated carbocycles. The van der Waals surface area contributed by atoms with Crippen LogP contribution in [-0.2, 0) is 0 Å². The van der Waals surface area contributed by atoms with Crippen molar-refractivity contribution in [3.63, 3.8) is 0 Å². The molecule has 0 bridgehead atoms. The Hall–Kier alpha value is -6.38. The lowest BCUT2D eigenvalue weighted by atomic mass is 10.00. The number of para-hydroxylation sites is 1. The highest BCUT2D eigenvalue weighted by Gasteiger charge is 2.20. The van der Waals surface area contributed by atoms with Crippen LogP contribution in [-0.4, -0.2) is 0 Å². The third-order valence-corrected chi connectivity index (χ3v) is 9.27. The molecule has 1 aromatic heterocycles. The molecule has 0 aliphatic heterocycles. The molecule has 48 heavy (non-hydrogen) atoms. The molecule has 0 N–H and O–H groups in total. The standard InChI is InChI=1S/C46H31NO/c1-3-11-32(12-4-1)34-21-23-35(24-22-34)36-25-28-39(29-26-36)47(40-17-9-16-38(31-40)33-13-5-2-6-14-33)43-20-10-19-42-45-41-18-8-7-15-37(41)27-30-44(45)48-46(42)43/h1-31H. The van der Waals surface area contributed by atoms with E-state index in [0.29, 0.717) is 0 Å². The zero-order chi connectivity index (χ0) is 31.9. The Kier molecular flexibility index (Phi) is 6.84. The molecule has 226 valence electrons. The summed E-state index contributed by atoms with van der Waals surface area (Å²) >= 11 is 0. The summed E-state index contributed by atoms with van der Waals surface area (Å²) in [6.07, 6.45) is 0. The smallest absolute Gasteiger partial charge is 0.159 e. The van der Waals surface area contributed by atoms with E-state index < -0.39 is 0 Å². The normalized spacial score (nSPS) is 11.3. The van der Waals surface area contributed by atoms with Gasteiger partial charge in [-0.05, 0) is 80.6 Å². The van der Waals surface area contributed by atoms with E-state index in [-0.39, 0.29) is 0 Å². The maximum Gasteiger partial charge on any atom is 0.159 e. The summed E-state index contributed by atoms with van der Waals surface area (Å²) in [7, 11) is 0. The van der Waals surface area contributed by atoms with Gasteiger partial charge in [-0.15, -0.1) is 0 Å². The van der Waals surface area contributed by atoms with E-state index >= 15 is 0 Å². The van der Waals surface area contributed by atoms with Crippen LogP contribution in [0.2, 0.25) is 0 Å². The highest BCUT2D eigenvalue weighted by atomic mass is 16.3. The summed E-state index contributed by atoms with van der Waals surface area (Å²) in [5, 5.41) is 4.67. The van der Waals surface area contributed by atoms with Crippen molar-refractivity contribution in [2.24, 2.45) is 0 Å². The monoisotopic (exact) mass is 613 g/mol. The summed E-state index contributed by atoms with van der Waals surface area (Å²) in [6, 6.07) is 66.8. The van der Waals surface area contributed by atoms with Crippen molar-refractivity contribution in [1.29, 1.82) is 0 Å². The Morgan fingerprint density at radius 3 is 1.60 bits per heavy atom. The molecule has 1 heterocycles. The molecule has 9 rings (SSSR count). The number of rotatable bonds is 6. The van der Waals surface area contributed by atoms with Crippen LogP contribution in [0.4, 0.5) is 17.1 Å². The van der Waals surface area contributed by atoms with Gasteiger partial charge >= 0.3 is 0 Å². The van der Waals surface area contributed by atoms with Crippen molar-refractivity contribution in [3.8, 4) is 33.4 Å². The van der Waals surface area contributed by atoms with Crippen molar-refractivity contribution in [1.82, 2.24) is 0 Å². The van der Waals surface area contributed by atoms with Crippen LogP contribution in [0.15, 0.2) is 192 Å². The maximum atomic E-state index is 6.73. The number of hydrogen-bond acceptors (Lipinski definition) is 2. The summed E-state index contributed by atoms with van der Waals surface area (Å²) < 4.78 is 6.73. The van der Waals surface area contributed by atoms with Crippen molar-refractivity contribution >= 4 is 49.8 Å². The topological polar surface area (TPSA) is 16.4 Å². The van der Waals surface area contributed by atoms with Crippen molar-refractivity contribution in [2.75, 3.05) is 4.90 Å². The minimum atomic E-state index is 0.870. The molecule has 0 atom stereocenters. The molecule has 8 aromatic carbocycles. The Bertz CT molecular complexity index is 2530. The fourth-order valence-corrected chi connectivity index (χ4v) is 6.90. The number of anilines is 3. The van der Waals surface area contributed by atoms with Gasteiger partial charge in [0.05, 0.1) is 5.69 Å². The van der Waals surface area contributed by atoms with Crippen LogP contribution in [0.3, 0.4) is 0 Å². The van der Waals surface area contributed by atoms with E-state index in [1.807, 2.05) is 0 Å². The second kappa shape index (κ2) is 11.8. The molecular weight excluding hydrogens is 583 g/mol. The van der Waals surface area contributed by atoms with Gasteiger partial charge in [-0.2, -0.15) is 0 Å². The average Bonchev–Trinajstić information content (AvgIpc) is 3.56. The van der Waals surface area contributed by atoms with Crippen LogP contribution in [0.1, 0.15) is 0 Å². The van der Waals surface area contributed by atoms with Gasteiger partial charge in [0.1, 0.15) is 5.58 Å². The largest absolute Gasteiger partial charge is 0.454 e. The van der Waals surface area contributed by atoms with Crippen molar-refractivity contribution in [2.45, 2.75) is 0 Å². The summed E-state index contributed by atoms with van der Waals surface area (Å²) in [6.45, 7) is 0. The maximum absolute atomic E-state index is 6.73. The van der Waals surface area contributed by atoms with Gasteiger partial charge in [-0.25, -0.2) is 0 Å². The second-order valence-corrected chi connectivity index (χ2v) is 12.2. The van der Waals surface area contributed by atoms with Crippen LogP contribution in [0, 0.1) is 0 Å². The van der Waals surface area contributed by atoms with Gasteiger partial charge in [0, 0.05) is 22.1 Å². The van der Waals surface area contributed by atoms with Crippen LogP contribution < -0.4 is 4.90 Å². The van der Waals surface area contributed by atoms with Crippen molar-refractivity contribution in [3.05, 3.63) is 188 Å². The molecule has 0 unspecified atom stereocenters. The van der Waals surface area contributed by atoms with Crippen LogP contribution >= 0.6 is 0 Å². The Morgan fingerprint density at radius 1 is 0.354 bits per heavy atom.